The van der Waals surface area contributed by atoms with Crippen molar-refractivity contribution in [1.82, 2.24) is 4.98 Å². The predicted octanol–water partition coefficient (Wildman–Crippen LogP) is 3.88. The Labute approximate surface area is 123 Å². The van der Waals surface area contributed by atoms with Gasteiger partial charge in [0.25, 0.3) is 0 Å². The van der Waals surface area contributed by atoms with Gasteiger partial charge >= 0.3 is 0 Å². The monoisotopic (exact) mass is 286 g/mol. The highest BCUT2D eigenvalue weighted by atomic mass is 32.1. The molecule has 0 unspecified atom stereocenters. The Bertz CT molecular complexity index is 588. The van der Waals surface area contributed by atoms with E-state index in [1.54, 1.807) is 11.3 Å². The predicted molar refractivity (Wildman–Crippen MR) is 82.0 cm³/mol. The summed E-state index contributed by atoms with van der Waals surface area (Å²) in [5, 5.41) is 0.809. The molecule has 2 aromatic rings. The van der Waals surface area contributed by atoms with Crippen molar-refractivity contribution in [2.24, 2.45) is 0 Å². The Morgan fingerprint density at radius 1 is 1.25 bits per heavy atom. The second-order valence-electron chi connectivity index (χ2n) is 5.33. The first-order valence-corrected chi connectivity index (χ1v) is 7.80. The standard InChI is InChI=1S/C16H18N2OS/c1-13-11-17-15(20-13)18(12-19)16(9-5-6-10-16)14-7-3-2-4-8-14/h2-4,7-8,11-12H,5-6,9-10H2,1H3. The Kier molecular flexibility index (Phi) is 3.57. The Balaban J connectivity index is 2.07. The molecule has 0 spiro atoms. The van der Waals surface area contributed by atoms with Crippen LogP contribution in [-0.4, -0.2) is 11.4 Å². The SMILES string of the molecule is Cc1cnc(N(C=O)C2(c3ccccc3)CCCC2)s1. The maximum Gasteiger partial charge on any atom is 0.216 e. The summed E-state index contributed by atoms with van der Waals surface area (Å²) >= 11 is 1.58. The van der Waals surface area contributed by atoms with Crippen LogP contribution in [0.15, 0.2) is 36.5 Å². The number of aryl methyl sites for hydroxylation is 1. The number of anilines is 1. The number of aromatic nitrogens is 1. The molecule has 0 saturated heterocycles. The molecule has 0 bridgehead atoms. The van der Waals surface area contributed by atoms with Crippen molar-refractivity contribution in [3.05, 3.63) is 47.0 Å². The van der Waals surface area contributed by atoms with Crippen LogP contribution >= 0.6 is 11.3 Å². The maximum absolute atomic E-state index is 11.8. The third kappa shape index (κ3) is 2.14. The summed E-state index contributed by atoms with van der Waals surface area (Å²) in [6.07, 6.45) is 7.12. The van der Waals surface area contributed by atoms with Gasteiger partial charge in [0.15, 0.2) is 5.13 Å². The Hall–Kier alpha value is -1.68. The van der Waals surface area contributed by atoms with Gasteiger partial charge in [0.1, 0.15) is 0 Å². The molecule has 0 aliphatic heterocycles. The minimum absolute atomic E-state index is 0.215. The van der Waals surface area contributed by atoms with E-state index < -0.39 is 0 Å². The number of carbonyl (C=O) groups excluding carboxylic acids is 1. The van der Waals surface area contributed by atoms with E-state index >= 15 is 0 Å². The van der Waals surface area contributed by atoms with Gasteiger partial charge in [-0.05, 0) is 25.3 Å². The van der Waals surface area contributed by atoms with E-state index in [0.29, 0.717) is 0 Å². The van der Waals surface area contributed by atoms with Gasteiger partial charge in [0.2, 0.25) is 6.41 Å². The number of carbonyl (C=O) groups is 1. The topological polar surface area (TPSA) is 33.2 Å². The fraction of sp³-hybridized carbons (Fsp3) is 0.375. The van der Waals surface area contributed by atoms with Gasteiger partial charge in [-0.3, -0.25) is 9.69 Å². The van der Waals surface area contributed by atoms with Crippen LogP contribution in [0.4, 0.5) is 5.13 Å². The summed E-state index contributed by atoms with van der Waals surface area (Å²) in [6.45, 7) is 2.02. The molecule has 0 N–H and O–H groups in total. The molecule has 104 valence electrons. The minimum atomic E-state index is -0.215. The minimum Gasteiger partial charge on any atom is -0.280 e. The summed E-state index contributed by atoms with van der Waals surface area (Å²) in [5.41, 5.74) is 1.00. The molecule has 0 atom stereocenters. The van der Waals surface area contributed by atoms with Gasteiger partial charge in [0, 0.05) is 11.1 Å². The largest absolute Gasteiger partial charge is 0.280 e. The molecule has 1 saturated carbocycles. The zero-order valence-electron chi connectivity index (χ0n) is 11.6. The number of hydrogen-bond donors (Lipinski definition) is 0. The van der Waals surface area contributed by atoms with Crippen molar-refractivity contribution in [2.75, 3.05) is 4.90 Å². The third-order valence-corrected chi connectivity index (χ3v) is 5.04. The maximum atomic E-state index is 11.8. The summed E-state index contributed by atoms with van der Waals surface area (Å²) in [4.78, 5) is 19.2. The number of amides is 1. The fourth-order valence-electron chi connectivity index (χ4n) is 3.16. The summed E-state index contributed by atoms with van der Waals surface area (Å²) < 4.78 is 0. The Morgan fingerprint density at radius 3 is 2.50 bits per heavy atom. The van der Waals surface area contributed by atoms with Crippen molar-refractivity contribution < 1.29 is 4.79 Å². The van der Waals surface area contributed by atoms with E-state index in [9.17, 15) is 4.79 Å². The summed E-state index contributed by atoms with van der Waals surface area (Å²) in [6, 6.07) is 10.4. The van der Waals surface area contributed by atoms with Gasteiger partial charge < -0.3 is 0 Å². The van der Waals surface area contributed by atoms with E-state index in [2.05, 4.69) is 17.1 Å². The molecular formula is C16H18N2OS. The highest BCUT2D eigenvalue weighted by molar-refractivity contribution is 7.15. The van der Waals surface area contributed by atoms with Crippen LogP contribution in [0.2, 0.25) is 0 Å². The second kappa shape index (κ2) is 5.37. The summed E-state index contributed by atoms with van der Waals surface area (Å²) in [7, 11) is 0. The zero-order chi connectivity index (χ0) is 14.0. The normalized spacial score (nSPS) is 17.1. The molecule has 3 nitrogen and oxygen atoms in total. The van der Waals surface area contributed by atoms with Crippen LogP contribution in [0.5, 0.6) is 0 Å². The second-order valence-corrected chi connectivity index (χ2v) is 6.55. The molecule has 1 aromatic heterocycles. The van der Waals surface area contributed by atoms with Crippen molar-refractivity contribution in [1.29, 1.82) is 0 Å². The average Bonchev–Trinajstić information content (AvgIpc) is 3.12. The van der Waals surface area contributed by atoms with E-state index in [1.165, 1.54) is 5.56 Å². The molecule has 1 aliphatic rings. The van der Waals surface area contributed by atoms with Crippen LogP contribution in [0.3, 0.4) is 0 Å². The highest BCUT2D eigenvalue weighted by Gasteiger charge is 2.42. The molecular weight excluding hydrogens is 268 g/mol. The number of benzene rings is 1. The lowest BCUT2D eigenvalue weighted by Gasteiger charge is -2.37. The Morgan fingerprint density at radius 2 is 1.95 bits per heavy atom. The van der Waals surface area contributed by atoms with Crippen molar-refractivity contribution in [2.45, 2.75) is 38.1 Å². The van der Waals surface area contributed by atoms with Crippen molar-refractivity contribution in [3.8, 4) is 0 Å². The van der Waals surface area contributed by atoms with Crippen LogP contribution in [0, 0.1) is 6.92 Å². The average molecular weight is 286 g/mol. The van der Waals surface area contributed by atoms with E-state index in [1.807, 2.05) is 36.2 Å². The zero-order valence-corrected chi connectivity index (χ0v) is 12.4. The molecule has 1 aliphatic carbocycles. The van der Waals surface area contributed by atoms with Gasteiger partial charge in [-0.1, -0.05) is 43.2 Å². The number of hydrogen-bond acceptors (Lipinski definition) is 3. The van der Waals surface area contributed by atoms with Gasteiger partial charge in [0.05, 0.1) is 5.54 Å². The van der Waals surface area contributed by atoms with E-state index in [-0.39, 0.29) is 5.54 Å². The first-order chi connectivity index (χ1) is 9.76. The molecule has 3 rings (SSSR count). The number of thiazole rings is 1. The van der Waals surface area contributed by atoms with Gasteiger partial charge in [-0.25, -0.2) is 4.98 Å². The van der Waals surface area contributed by atoms with Crippen LogP contribution in [-0.2, 0) is 10.3 Å². The van der Waals surface area contributed by atoms with E-state index in [4.69, 9.17) is 0 Å². The molecule has 1 aromatic carbocycles. The fourth-order valence-corrected chi connectivity index (χ4v) is 3.98. The first kappa shape index (κ1) is 13.3. The number of nitrogens with zero attached hydrogens (tertiary/aromatic N) is 2. The molecule has 4 heteroatoms. The van der Waals surface area contributed by atoms with Crippen molar-refractivity contribution in [3.63, 3.8) is 0 Å². The van der Waals surface area contributed by atoms with E-state index in [0.717, 1.165) is 42.1 Å². The molecule has 1 heterocycles. The number of rotatable bonds is 4. The van der Waals surface area contributed by atoms with Gasteiger partial charge in [-0.2, -0.15) is 0 Å². The summed E-state index contributed by atoms with van der Waals surface area (Å²) in [5.74, 6) is 0. The lowest BCUT2D eigenvalue weighted by atomic mass is 9.87. The lowest BCUT2D eigenvalue weighted by Crippen LogP contribution is -2.43. The molecule has 1 fully saturated rings. The lowest BCUT2D eigenvalue weighted by molar-refractivity contribution is -0.108. The highest BCUT2D eigenvalue weighted by Crippen LogP contribution is 2.45. The third-order valence-electron chi connectivity index (χ3n) is 4.12. The molecule has 1 amide bonds. The smallest absolute Gasteiger partial charge is 0.216 e. The van der Waals surface area contributed by atoms with Crippen LogP contribution in [0.25, 0.3) is 0 Å². The molecule has 0 radical (unpaired) electrons. The van der Waals surface area contributed by atoms with Gasteiger partial charge in [-0.15, -0.1) is 11.3 Å². The molecule has 20 heavy (non-hydrogen) atoms. The van der Waals surface area contributed by atoms with Crippen molar-refractivity contribution >= 4 is 22.9 Å². The van der Waals surface area contributed by atoms with Crippen LogP contribution < -0.4 is 4.90 Å². The first-order valence-electron chi connectivity index (χ1n) is 6.99. The van der Waals surface area contributed by atoms with Crippen LogP contribution in [0.1, 0.15) is 36.1 Å². The quantitative estimate of drug-likeness (QED) is 0.799.